The molecule has 5 nitrogen and oxygen atoms in total. The Morgan fingerprint density at radius 3 is 2.40 bits per heavy atom. The number of ether oxygens (including phenoxy) is 1. The van der Waals surface area contributed by atoms with E-state index in [0.29, 0.717) is 18.9 Å². The Balaban J connectivity index is 2.42. The molecule has 0 atom stereocenters. The number of anilines is 1. The van der Waals surface area contributed by atoms with E-state index < -0.39 is 6.09 Å². The molecule has 20 heavy (non-hydrogen) atoms. The van der Waals surface area contributed by atoms with E-state index in [0.717, 1.165) is 17.7 Å². The number of hydrogen-bond donors (Lipinski definition) is 2. The van der Waals surface area contributed by atoms with Gasteiger partial charge in [-0.05, 0) is 30.0 Å². The van der Waals surface area contributed by atoms with Crippen molar-refractivity contribution in [3.05, 3.63) is 29.8 Å². The van der Waals surface area contributed by atoms with E-state index in [4.69, 9.17) is 0 Å². The van der Waals surface area contributed by atoms with Crippen LogP contribution in [0.5, 0.6) is 0 Å². The Labute approximate surface area is 119 Å². The smallest absolute Gasteiger partial charge is 0.407 e. The molecular formula is C15H22N2O3. The van der Waals surface area contributed by atoms with Crippen molar-refractivity contribution in [3.8, 4) is 0 Å². The molecule has 110 valence electrons. The van der Waals surface area contributed by atoms with Crippen LogP contribution in [0.15, 0.2) is 24.3 Å². The molecule has 0 bridgehead atoms. The molecule has 5 heteroatoms. The number of carbonyl (C=O) groups excluding carboxylic acids is 2. The molecular weight excluding hydrogens is 256 g/mol. The number of rotatable bonds is 6. The van der Waals surface area contributed by atoms with Crippen LogP contribution < -0.4 is 10.6 Å². The predicted octanol–water partition coefficient (Wildman–Crippen LogP) is 2.92. The molecule has 1 rings (SSSR count). The van der Waals surface area contributed by atoms with Gasteiger partial charge in [0.25, 0.3) is 0 Å². The summed E-state index contributed by atoms with van der Waals surface area (Å²) in [6, 6.07) is 7.35. The molecule has 0 aromatic heterocycles. The molecule has 0 heterocycles. The van der Waals surface area contributed by atoms with Crippen LogP contribution in [-0.2, 0) is 16.1 Å². The summed E-state index contributed by atoms with van der Waals surface area (Å²) in [6.07, 6.45) is 0.951. The standard InChI is InChI=1S/C15H22N2O3/c1-11(2)4-9-14(18)17-13-7-5-12(6-8-13)10-16-15(19)20-3/h5-8,11H,4,9-10H2,1-3H3,(H,16,19)(H,17,18). The predicted molar refractivity (Wildman–Crippen MR) is 78.4 cm³/mol. The van der Waals surface area contributed by atoms with Crippen LogP contribution in [0.1, 0.15) is 32.3 Å². The Morgan fingerprint density at radius 2 is 1.85 bits per heavy atom. The summed E-state index contributed by atoms with van der Waals surface area (Å²) in [6.45, 7) is 4.58. The lowest BCUT2D eigenvalue weighted by molar-refractivity contribution is -0.116. The van der Waals surface area contributed by atoms with E-state index in [9.17, 15) is 9.59 Å². The molecule has 2 amide bonds. The molecule has 0 aliphatic rings. The number of hydrogen-bond acceptors (Lipinski definition) is 3. The molecule has 1 aromatic rings. The number of amides is 2. The van der Waals surface area contributed by atoms with Crippen LogP contribution in [-0.4, -0.2) is 19.1 Å². The van der Waals surface area contributed by atoms with Crippen LogP contribution in [0.25, 0.3) is 0 Å². The highest BCUT2D eigenvalue weighted by Gasteiger charge is 2.04. The SMILES string of the molecule is COC(=O)NCc1ccc(NC(=O)CCC(C)C)cc1. The molecule has 0 radical (unpaired) electrons. The van der Waals surface area contributed by atoms with Crippen LogP contribution in [0.2, 0.25) is 0 Å². The minimum atomic E-state index is -0.462. The molecule has 0 spiro atoms. The minimum absolute atomic E-state index is 0.0270. The van der Waals surface area contributed by atoms with Gasteiger partial charge in [0.1, 0.15) is 0 Å². The highest BCUT2D eigenvalue weighted by molar-refractivity contribution is 5.90. The molecule has 2 N–H and O–H groups in total. The van der Waals surface area contributed by atoms with E-state index >= 15 is 0 Å². The van der Waals surface area contributed by atoms with E-state index in [2.05, 4.69) is 29.2 Å². The van der Waals surface area contributed by atoms with Crippen molar-refractivity contribution in [2.75, 3.05) is 12.4 Å². The second kappa shape index (κ2) is 8.19. The first-order valence-corrected chi connectivity index (χ1v) is 6.72. The fourth-order valence-corrected chi connectivity index (χ4v) is 1.60. The number of carbonyl (C=O) groups is 2. The van der Waals surface area contributed by atoms with Gasteiger partial charge in [-0.2, -0.15) is 0 Å². The molecule has 0 saturated carbocycles. The quantitative estimate of drug-likeness (QED) is 0.840. The van der Waals surface area contributed by atoms with Gasteiger partial charge in [0.15, 0.2) is 0 Å². The number of methoxy groups -OCH3 is 1. The summed E-state index contributed by atoms with van der Waals surface area (Å²) >= 11 is 0. The summed E-state index contributed by atoms with van der Waals surface area (Å²) in [5.41, 5.74) is 1.70. The maximum Gasteiger partial charge on any atom is 0.407 e. The van der Waals surface area contributed by atoms with Gasteiger partial charge in [-0.25, -0.2) is 4.79 Å². The second-order valence-electron chi connectivity index (χ2n) is 5.02. The fraction of sp³-hybridized carbons (Fsp3) is 0.467. The van der Waals surface area contributed by atoms with E-state index in [-0.39, 0.29) is 5.91 Å². The Hall–Kier alpha value is -2.04. The lowest BCUT2D eigenvalue weighted by atomic mass is 10.1. The minimum Gasteiger partial charge on any atom is -0.453 e. The third-order valence-corrected chi connectivity index (χ3v) is 2.81. The zero-order valence-electron chi connectivity index (χ0n) is 12.2. The average Bonchev–Trinajstić information content (AvgIpc) is 2.44. The second-order valence-corrected chi connectivity index (χ2v) is 5.02. The first kappa shape index (κ1) is 16.0. The fourth-order valence-electron chi connectivity index (χ4n) is 1.60. The third-order valence-electron chi connectivity index (χ3n) is 2.81. The van der Waals surface area contributed by atoms with Crippen molar-refractivity contribution in [1.82, 2.24) is 5.32 Å². The molecule has 0 saturated heterocycles. The highest BCUT2D eigenvalue weighted by atomic mass is 16.5. The van der Waals surface area contributed by atoms with Gasteiger partial charge in [-0.3, -0.25) is 4.79 Å². The molecule has 0 unspecified atom stereocenters. The first-order valence-electron chi connectivity index (χ1n) is 6.72. The van der Waals surface area contributed by atoms with Crippen LogP contribution >= 0.6 is 0 Å². The summed E-state index contributed by atoms with van der Waals surface area (Å²) in [4.78, 5) is 22.6. The molecule has 1 aromatic carbocycles. The third kappa shape index (κ3) is 6.22. The highest BCUT2D eigenvalue weighted by Crippen LogP contribution is 2.11. The summed E-state index contributed by atoms with van der Waals surface area (Å²) in [5.74, 6) is 0.548. The largest absolute Gasteiger partial charge is 0.453 e. The Morgan fingerprint density at radius 1 is 1.20 bits per heavy atom. The lowest BCUT2D eigenvalue weighted by Gasteiger charge is -2.08. The zero-order chi connectivity index (χ0) is 15.0. The maximum absolute atomic E-state index is 11.7. The summed E-state index contributed by atoms with van der Waals surface area (Å²) in [7, 11) is 1.32. The van der Waals surface area contributed by atoms with Crippen molar-refractivity contribution in [2.45, 2.75) is 33.2 Å². The number of alkyl carbamates (subject to hydrolysis) is 1. The van der Waals surface area contributed by atoms with Crippen LogP contribution in [0, 0.1) is 5.92 Å². The maximum atomic E-state index is 11.7. The normalized spacial score (nSPS) is 10.2. The lowest BCUT2D eigenvalue weighted by Crippen LogP contribution is -2.22. The first-order chi connectivity index (χ1) is 9.51. The molecule has 0 aliphatic carbocycles. The average molecular weight is 278 g/mol. The topological polar surface area (TPSA) is 67.4 Å². The molecule has 0 fully saturated rings. The van der Waals surface area contributed by atoms with Gasteiger partial charge >= 0.3 is 6.09 Å². The van der Waals surface area contributed by atoms with Gasteiger partial charge < -0.3 is 15.4 Å². The van der Waals surface area contributed by atoms with Crippen molar-refractivity contribution in [2.24, 2.45) is 5.92 Å². The summed E-state index contributed by atoms with van der Waals surface area (Å²) < 4.78 is 4.49. The summed E-state index contributed by atoms with van der Waals surface area (Å²) in [5, 5.41) is 5.44. The Bertz CT molecular complexity index is 441. The van der Waals surface area contributed by atoms with Crippen molar-refractivity contribution < 1.29 is 14.3 Å². The monoisotopic (exact) mass is 278 g/mol. The van der Waals surface area contributed by atoms with Crippen molar-refractivity contribution in [3.63, 3.8) is 0 Å². The van der Waals surface area contributed by atoms with Crippen LogP contribution in [0.4, 0.5) is 10.5 Å². The van der Waals surface area contributed by atoms with Gasteiger partial charge in [0.05, 0.1) is 7.11 Å². The molecule has 0 aliphatic heterocycles. The van der Waals surface area contributed by atoms with Gasteiger partial charge in [-0.1, -0.05) is 26.0 Å². The van der Waals surface area contributed by atoms with Crippen LogP contribution in [0.3, 0.4) is 0 Å². The zero-order valence-corrected chi connectivity index (χ0v) is 12.2. The van der Waals surface area contributed by atoms with Gasteiger partial charge in [0.2, 0.25) is 5.91 Å². The van der Waals surface area contributed by atoms with Crippen molar-refractivity contribution >= 4 is 17.7 Å². The van der Waals surface area contributed by atoms with E-state index in [1.54, 1.807) is 0 Å². The Kier molecular flexibility index (Phi) is 6.56. The van der Waals surface area contributed by atoms with Gasteiger partial charge in [-0.15, -0.1) is 0 Å². The van der Waals surface area contributed by atoms with Crippen molar-refractivity contribution in [1.29, 1.82) is 0 Å². The number of nitrogens with one attached hydrogen (secondary N) is 2. The van der Waals surface area contributed by atoms with E-state index in [1.165, 1.54) is 7.11 Å². The van der Waals surface area contributed by atoms with Gasteiger partial charge in [0, 0.05) is 18.7 Å². The number of benzene rings is 1. The van der Waals surface area contributed by atoms with E-state index in [1.807, 2.05) is 24.3 Å².